The van der Waals surface area contributed by atoms with E-state index in [1.165, 1.54) is 36.4 Å². The van der Waals surface area contributed by atoms with E-state index in [2.05, 4.69) is 0 Å². The summed E-state index contributed by atoms with van der Waals surface area (Å²) in [5.74, 6) is -0.924. The van der Waals surface area contributed by atoms with Crippen LogP contribution >= 0.6 is 0 Å². The molecule has 0 aromatic heterocycles. The van der Waals surface area contributed by atoms with Crippen LogP contribution in [0.25, 0.3) is 12.2 Å². The summed E-state index contributed by atoms with van der Waals surface area (Å²) in [5.41, 5.74) is 1.49. The van der Waals surface area contributed by atoms with Crippen molar-refractivity contribution in [3.63, 3.8) is 0 Å². The first-order valence-corrected chi connectivity index (χ1v) is 8.96. The van der Waals surface area contributed by atoms with E-state index >= 15 is 0 Å². The Balaban J connectivity index is 1.49. The van der Waals surface area contributed by atoms with Gasteiger partial charge in [-0.1, -0.05) is 24.3 Å². The molecule has 0 saturated carbocycles. The minimum Gasteiger partial charge on any atom is -0.336 e. The lowest BCUT2D eigenvalue weighted by atomic mass is 10.2. The van der Waals surface area contributed by atoms with Crippen LogP contribution in [-0.2, 0) is 9.59 Å². The van der Waals surface area contributed by atoms with Crippen molar-refractivity contribution in [1.29, 1.82) is 0 Å². The number of amides is 2. The Hall–Kier alpha value is -3.28. The summed E-state index contributed by atoms with van der Waals surface area (Å²) in [7, 11) is 0. The minimum atomic E-state index is -0.322. The number of benzene rings is 2. The second kappa shape index (κ2) is 9.08. The number of hydrogen-bond donors (Lipinski definition) is 0. The largest absolute Gasteiger partial charge is 0.336 e. The Bertz CT molecular complexity index is 806. The van der Waals surface area contributed by atoms with E-state index in [0.717, 1.165) is 11.1 Å². The molecule has 1 aliphatic rings. The molecule has 1 heterocycles. The molecule has 4 nitrogen and oxygen atoms in total. The van der Waals surface area contributed by atoms with E-state index in [-0.39, 0.29) is 23.4 Å². The van der Waals surface area contributed by atoms with Crippen LogP contribution in [0.3, 0.4) is 0 Å². The molecule has 1 fully saturated rings. The maximum atomic E-state index is 12.9. The molecule has 0 spiro atoms. The molecular weight excluding hydrogens is 362 g/mol. The summed E-state index contributed by atoms with van der Waals surface area (Å²) >= 11 is 0. The summed E-state index contributed by atoms with van der Waals surface area (Å²) < 4.78 is 25.8. The molecule has 2 aromatic carbocycles. The maximum absolute atomic E-state index is 12.9. The molecule has 6 heteroatoms. The summed E-state index contributed by atoms with van der Waals surface area (Å²) in [6, 6.07) is 11.8. The van der Waals surface area contributed by atoms with Crippen molar-refractivity contribution in [3.05, 3.63) is 83.4 Å². The highest BCUT2D eigenvalue weighted by Gasteiger charge is 2.21. The third-order valence-electron chi connectivity index (χ3n) is 4.48. The van der Waals surface area contributed by atoms with E-state index in [9.17, 15) is 18.4 Å². The summed E-state index contributed by atoms with van der Waals surface area (Å²) in [4.78, 5) is 27.9. The zero-order chi connectivity index (χ0) is 19.9. The highest BCUT2D eigenvalue weighted by molar-refractivity contribution is 5.93. The van der Waals surface area contributed by atoms with Crippen LogP contribution in [0.1, 0.15) is 11.1 Å². The standard InChI is InChI=1S/C22H20F2N2O2/c23-19-7-1-17(2-8-19)5-11-21(27)25-13-15-26(16-14-25)22(28)12-6-18-3-9-20(24)10-4-18/h1-12H,13-16H2/b11-5+,12-6+. The van der Waals surface area contributed by atoms with Crippen molar-refractivity contribution in [1.82, 2.24) is 9.80 Å². The van der Waals surface area contributed by atoms with E-state index in [1.54, 1.807) is 46.2 Å². The maximum Gasteiger partial charge on any atom is 0.246 e. The lowest BCUT2D eigenvalue weighted by Crippen LogP contribution is -2.49. The normalized spacial score (nSPS) is 14.8. The lowest BCUT2D eigenvalue weighted by molar-refractivity contribution is -0.133. The van der Waals surface area contributed by atoms with Gasteiger partial charge in [-0.3, -0.25) is 9.59 Å². The molecule has 1 aliphatic heterocycles. The Labute approximate surface area is 162 Å². The number of hydrogen-bond acceptors (Lipinski definition) is 2. The molecule has 144 valence electrons. The second-order valence-corrected chi connectivity index (χ2v) is 6.42. The second-order valence-electron chi connectivity index (χ2n) is 6.42. The lowest BCUT2D eigenvalue weighted by Gasteiger charge is -2.33. The average Bonchev–Trinajstić information content (AvgIpc) is 2.72. The third-order valence-corrected chi connectivity index (χ3v) is 4.48. The van der Waals surface area contributed by atoms with Crippen LogP contribution in [0, 0.1) is 11.6 Å². The molecule has 0 N–H and O–H groups in total. The van der Waals surface area contributed by atoms with Gasteiger partial charge in [-0.05, 0) is 47.5 Å². The van der Waals surface area contributed by atoms with E-state index in [1.807, 2.05) is 0 Å². The molecule has 2 amide bonds. The van der Waals surface area contributed by atoms with Crippen LogP contribution in [-0.4, -0.2) is 47.8 Å². The zero-order valence-electron chi connectivity index (χ0n) is 15.2. The number of halogens is 2. The Morgan fingerprint density at radius 3 is 1.29 bits per heavy atom. The first kappa shape index (κ1) is 19.5. The number of carbonyl (C=O) groups is 2. The molecule has 0 aliphatic carbocycles. The molecular formula is C22H20F2N2O2. The van der Waals surface area contributed by atoms with Crippen molar-refractivity contribution < 1.29 is 18.4 Å². The molecule has 28 heavy (non-hydrogen) atoms. The fraction of sp³-hybridized carbons (Fsp3) is 0.182. The number of nitrogens with zero attached hydrogens (tertiary/aromatic N) is 2. The predicted octanol–water partition coefficient (Wildman–Crippen LogP) is 3.36. The molecule has 0 atom stereocenters. The molecule has 0 radical (unpaired) electrons. The van der Waals surface area contributed by atoms with E-state index in [0.29, 0.717) is 26.2 Å². The van der Waals surface area contributed by atoms with Crippen molar-refractivity contribution in [2.75, 3.05) is 26.2 Å². The zero-order valence-corrected chi connectivity index (χ0v) is 15.2. The van der Waals surface area contributed by atoms with Crippen LogP contribution in [0.5, 0.6) is 0 Å². The summed E-state index contributed by atoms with van der Waals surface area (Å²) in [6.45, 7) is 1.79. The molecule has 3 rings (SSSR count). The van der Waals surface area contributed by atoms with Crippen LogP contribution in [0.2, 0.25) is 0 Å². The topological polar surface area (TPSA) is 40.6 Å². The van der Waals surface area contributed by atoms with Crippen molar-refractivity contribution in [2.24, 2.45) is 0 Å². The number of rotatable bonds is 4. The smallest absolute Gasteiger partial charge is 0.246 e. The van der Waals surface area contributed by atoms with Gasteiger partial charge < -0.3 is 9.80 Å². The van der Waals surface area contributed by atoms with Gasteiger partial charge in [-0.2, -0.15) is 0 Å². The van der Waals surface area contributed by atoms with Gasteiger partial charge in [0.05, 0.1) is 0 Å². The van der Waals surface area contributed by atoms with E-state index in [4.69, 9.17) is 0 Å². The Morgan fingerprint density at radius 1 is 0.643 bits per heavy atom. The van der Waals surface area contributed by atoms with Gasteiger partial charge >= 0.3 is 0 Å². The van der Waals surface area contributed by atoms with Crippen LogP contribution < -0.4 is 0 Å². The van der Waals surface area contributed by atoms with Gasteiger partial charge in [0.1, 0.15) is 11.6 Å². The quantitative estimate of drug-likeness (QED) is 0.761. The van der Waals surface area contributed by atoms with Crippen molar-refractivity contribution in [3.8, 4) is 0 Å². The number of piperazine rings is 1. The molecule has 1 saturated heterocycles. The first-order valence-electron chi connectivity index (χ1n) is 8.96. The molecule has 2 aromatic rings. The molecule has 0 unspecified atom stereocenters. The minimum absolute atomic E-state index is 0.140. The molecule has 0 bridgehead atoms. The number of carbonyl (C=O) groups excluding carboxylic acids is 2. The van der Waals surface area contributed by atoms with Crippen LogP contribution in [0.4, 0.5) is 8.78 Å². The summed E-state index contributed by atoms with van der Waals surface area (Å²) in [6.07, 6.45) is 6.20. The van der Waals surface area contributed by atoms with Gasteiger partial charge in [-0.15, -0.1) is 0 Å². The third kappa shape index (κ3) is 5.36. The van der Waals surface area contributed by atoms with Gasteiger partial charge in [-0.25, -0.2) is 8.78 Å². The SMILES string of the molecule is O=C(/C=C/c1ccc(F)cc1)N1CCN(C(=O)/C=C/c2ccc(F)cc2)CC1. The highest BCUT2D eigenvalue weighted by Crippen LogP contribution is 2.09. The fourth-order valence-corrected chi connectivity index (χ4v) is 2.84. The van der Waals surface area contributed by atoms with Crippen LogP contribution in [0.15, 0.2) is 60.7 Å². The summed E-state index contributed by atoms with van der Waals surface area (Å²) in [5, 5.41) is 0. The monoisotopic (exact) mass is 382 g/mol. The first-order chi connectivity index (χ1) is 13.5. The predicted molar refractivity (Wildman–Crippen MR) is 104 cm³/mol. The van der Waals surface area contributed by atoms with Crippen molar-refractivity contribution >= 4 is 24.0 Å². The van der Waals surface area contributed by atoms with Crippen molar-refractivity contribution in [2.45, 2.75) is 0 Å². The fourth-order valence-electron chi connectivity index (χ4n) is 2.84. The van der Waals surface area contributed by atoms with Gasteiger partial charge in [0.15, 0.2) is 0 Å². The van der Waals surface area contributed by atoms with Gasteiger partial charge in [0.25, 0.3) is 0 Å². The van der Waals surface area contributed by atoms with E-state index < -0.39 is 0 Å². The van der Waals surface area contributed by atoms with Gasteiger partial charge in [0, 0.05) is 38.3 Å². The Morgan fingerprint density at radius 2 is 0.964 bits per heavy atom. The average molecular weight is 382 g/mol. The van der Waals surface area contributed by atoms with Gasteiger partial charge in [0.2, 0.25) is 11.8 Å². The highest BCUT2D eigenvalue weighted by atomic mass is 19.1. The Kier molecular flexibility index (Phi) is 6.32.